The molecule has 1 aliphatic carbocycles. The molecule has 2 fully saturated rings. The van der Waals surface area contributed by atoms with Crippen LogP contribution in [0.25, 0.3) is 0 Å². The number of carboxylic acid groups (broad SMARTS) is 1. The number of hydrogen-bond acceptors (Lipinski definition) is 4. The van der Waals surface area contributed by atoms with Gasteiger partial charge in [-0.2, -0.15) is 4.31 Å². The zero-order valence-corrected chi connectivity index (χ0v) is 16.1. The van der Waals surface area contributed by atoms with Crippen LogP contribution in [0.4, 0.5) is 5.69 Å². The fraction of sp³-hybridized carbons (Fsp3) is 0.579. The Labute approximate surface area is 159 Å². The van der Waals surface area contributed by atoms with E-state index in [0.29, 0.717) is 25.8 Å². The van der Waals surface area contributed by atoms with Crippen LogP contribution in [0.5, 0.6) is 0 Å². The first-order valence-electron chi connectivity index (χ1n) is 9.48. The molecule has 0 spiro atoms. The highest BCUT2D eigenvalue weighted by Crippen LogP contribution is 2.40. The van der Waals surface area contributed by atoms with Crippen LogP contribution < -0.4 is 4.90 Å². The Kier molecular flexibility index (Phi) is 4.50. The predicted octanol–water partition coefficient (Wildman–Crippen LogP) is 1.86. The fourth-order valence-electron chi connectivity index (χ4n) is 4.14. The molecular weight excluding hydrogens is 368 g/mol. The van der Waals surface area contributed by atoms with Crippen LogP contribution in [0, 0.1) is 11.8 Å². The number of anilines is 1. The summed E-state index contributed by atoms with van der Waals surface area (Å²) in [6.07, 6.45) is 3.55. The zero-order valence-electron chi connectivity index (χ0n) is 15.3. The summed E-state index contributed by atoms with van der Waals surface area (Å²) < 4.78 is 27.3. The van der Waals surface area contributed by atoms with Crippen LogP contribution in [0.2, 0.25) is 0 Å². The molecule has 146 valence electrons. The third kappa shape index (κ3) is 3.25. The van der Waals surface area contributed by atoms with Crippen LogP contribution in [-0.2, 0) is 26.0 Å². The van der Waals surface area contributed by atoms with Crippen molar-refractivity contribution in [2.45, 2.75) is 50.0 Å². The molecule has 1 amide bonds. The minimum absolute atomic E-state index is 0.0114. The van der Waals surface area contributed by atoms with Crippen LogP contribution in [0.3, 0.4) is 0 Å². The number of amides is 1. The van der Waals surface area contributed by atoms with E-state index in [1.807, 2.05) is 11.8 Å². The van der Waals surface area contributed by atoms with Crippen molar-refractivity contribution in [2.75, 3.05) is 18.0 Å². The molecule has 2 atom stereocenters. The molecule has 27 heavy (non-hydrogen) atoms. The number of carbonyl (C=O) groups is 2. The van der Waals surface area contributed by atoms with Crippen LogP contribution in [0.15, 0.2) is 23.1 Å². The Morgan fingerprint density at radius 3 is 2.56 bits per heavy atom. The van der Waals surface area contributed by atoms with Gasteiger partial charge in [0.05, 0.1) is 10.8 Å². The zero-order chi connectivity index (χ0) is 19.3. The third-order valence-electron chi connectivity index (χ3n) is 5.80. The van der Waals surface area contributed by atoms with Crippen LogP contribution in [-0.4, -0.2) is 48.8 Å². The van der Waals surface area contributed by atoms with E-state index in [2.05, 4.69) is 0 Å². The van der Waals surface area contributed by atoms with Crippen molar-refractivity contribution in [3.8, 4) is 0 Å². The standard InChI is InChI=1S/C19H24N2O5S/c1-12-9-15-10-16(6-7-17(15)21(12)18(22)13-4-5-13)27(25,26)20-8-2-3-14(11-20)19(23)24/h6-7,10,12-14H,2-5,8-9,11H2,1H3,(H,23,24)/t12-,14+/m0/s1. The molecule has 1 N–H and O–H groups in total. The number of carbonyl (C=O) groups excluding carboxylic acids is 1. The number of nitrogens with zero attached hydrogens (tertiary/aromatic N) is 2. The number of hydrogen-bond donors (Lipinski definition) is 1. The van der Waals surface area contributed by atoms with Gasteiger partial charge in [-0.25, -0.2) is 8.42 Å². The normalized spacial score (nSPS) is 26.0. The van der Waals surface area contributed by atoms with E-state index in [9.17, 15) is 23.1 Å². The number of piperidine rings is 1. The lowest BCUT2D eigenvalue weighted by atomic mass is 10.0. The smallest absolute Gasteiger partial charge is 0.307 e. The average Bonchev–Trinajstić information content (AvgIpc) is 3.43. The summed E-state index contributed by atoms with van der Waals surface area (Å²) >= 11 is 0. The van der Waals surface area contributed by atoms with Gasteiger partial charge in [0, 0.05) is 30.7 Å². The van der Waals surface area contributed by atoms with Gasteiger partial charge < -0.3 is 10.0 Å². The van der Waals surface area contributed by atoms with Gasteiger partial charge in [0.2, 0.25) is 15.9 Å². The summed E-state index contributed by atoms with van der Waals surface area (Å²) in [5.41, 5.74) is 1.67. The lowest BCUT2D eigenvalue weighted by molar-refractivity contribution is -0.142. The molecule has 0 unspecified atom stereocenters. The minimum Gasteiger partial charge on any atom is -0.481 e. The molecule has 0 aromatic heterocycles. The number of sulfonamides is 1. The van der Waals surface area contributed by atoms with Gasteiger partial charge in [0.1, 0.15) is 0 Å². The first kappa shape index (κ1) is 18.4. The van der Waals surface area contributed by atoms with Crippen molar-refractivity contribution < 1.29 is 23.1 Å². The highest BCUT2D eigenvalue weighted by Gasteiger charge is 2.40. The summed E-state index contributed by atoms with van der Waals surface area (Å²) in [6, 6.07) is 4.96. The molecule has 1 saturated heterocycles. The van der Waals surface area contributed by atoms with Crippen molar-refractivity contribution in [3.05, 3.63) is 23.8 Å². The van der Waals surface area contributed by atoms with Crippen molar-refractivity contribution in [3.63, 3.8) is 0 Å². The Bertz CT molecular complexity index is 893. The summed E-state index contributed by atoms with van der Waals surface area (Å²) in [4.78, 5) is 25.8. The van der Waals surface area contributed by atoms with Gasteiger partial charge in [-0.1, -0.05) is 0 Å². The molecule has 0 bridgehead atoms. The molecule has 1 aromatic rings. The highest BCUT2D eigenvalue weighted by atomic mass is 32.2. The van der Waals surface area contributed by atoms with E-state index in [0.717, 1.165) is 24.1 Å². The second-order valence-electron chi connectivity index (χ2n) is 7.87. The lowest BCUT2D eigenvalue weighted by Crippen LogP contribution is -2.42. The Morgan fingerprint density at radius 1 is 1.15 bits per heavy atom. The molecule has 1 saturated carbocycles. The monoisotopic (exact) mass is 392 g/mol. The topological polar surface area (TPSA) is 95.0 Å². The van der Waals surface area contributed by atoms with Gasteiger partial charge in [0.25, 0.3) is 0 Å². The summed E-state index contributed by atoms with van der Waals surface area (Å²) in [6.45, 7) is 2.33. The number of fused-ring (bicyclic) bond motifs is 1. The molecule has 0 radical (unpaired) electrons. The van der Waals surface area contributed by atoms with Crippen LogP contribution in [0.1, 0.15) is 38.2 Å². The number of aliphatic carboxylic acids is 1. The molecule has 2 aliphatic heterocycles. The minimum atomic E-state index is -3.74. The first-order chi connectivity index (χ1) is 12.8. The SMILES string of the molecule is C[C@H]1Cc2cc(S(=O)(=O)N3CCC[C@@H](C(=O)O)C3)ccc2N1C(=O)C1CC1. The number of carboxylic acids is 1. The van der Waals surface area contributed by atoms with Gasteiger partial charge in [-0.15, -0.1) is 0 Å². The molecule has 8 heteroatoms. The highest BCUT2D eigenvalue weighted by molar-refractivity contribution is 7.89. The molecule has 3 aliphatic rings. The molecule has 7 nitrogen and oxygen atoms in total. The van der Waals surface area contributed by atoms with Gasteiger partial charge in [-0.3, -0.25) is 9.59 Å². The second-order valence-corrected chi connectivity index (χ2v) is 9.80. The third-order valence-corrected chi connectivity index (χ3v) is 7.66. The number of benzene rings is 1. The maximum Gasteiger partial charge on any atom is 0.307 e. The maximum atomic E-state index is 13.0. The van der Waals surface area contributed by atoms with Gasteiger partial charge in [-0.05, 0) is 62.8 Å². The summed E-state index contributed by atoms with van der Waals surface area (Å²) in [7, 11) is -3.74. The fourth-order valence-corrected chi connectivity index (χ4v) is 5.72. The van der Waals surface area contributed by atoms with Crippen molar-refractivity contribution in [1.29, 1.82) is 0 Å². The lowest BCUT2D eigenvalue weighted by Gasteiger charge is -2.30. The second kappa shape index (κ2) is 6.60. The van der Waals surface area contributed by atoms with Crippen LogP contribution >= 0.6 is 0 Å². The van der Waals surface area contributed by atoms with Crippen molar-refractivity contribution in [1.82, 2.24) is 4.31 Å². The van der Waals surface area contributed by atoms with E-state index in [1.54, 1.807) is 18.2 Å². The Morgan fingerprint density at radius 2 is 1.89 bits per heavy atom. The average molecular weight is 392 g/mol. The van der Waals surface area contributed by atoms with E-state index >= 15 is 0 Å². The maximum absolute atomic E-state index is 13.0. The first-order valence-corrected chi connectivity index (χ1v) is 10.9. The summed E-state index contributed by atoms with van der Waals surface area (Å²) in [5.74, 6) is -1.36. The molecule has 4 rings (SSSR count). The number of rotatable bonds is 4. The van der Waals surface area contributed by atoms with E-state index < -0.39 is 21.9 Å². The molecular formula is C19H24N2O5S. The summed E-state index contributed by atoms with van der Waals surface area (Å²) in [5, 5.41) is 9.22. The Balaban J connectivity index is 1.61. The predicted molar refractivity (Wildman–Crippen MR) is 98.9 cm³/mol. The quantitative estimate of drug-likeness (QED) is 0.844. The van der Waals surface area contributed by atoms with Crippen molar-refractivity contribution >= 4 is 27.6 Å². The van der Waals surface area contributed by atoms with Crippen molar-refractivity contribution in [2.24, 2.45) is 11.8 Å². The van der Waals surface area contributed by atoms with E-state index in [4.69, 9.17) is 0 Å². The van der Waals surface area contributed by atoms with Gasteiger partial charge in [0.15, 0.2) is 0 Å². The Hall–Kier alpha value is -1.93. The molecule has 2 heterocycles. The molecule has 1 aromatic carbocycles. The van der Waals surface area contributed by atoms with Gasteiger partial charge >= 0.3 is 5.97 Å². The van der Waals surface area contributed by atoms with E-state index in [1.165, 1.54) is 4.31 Å². The van der Waals surface area contributed by atoms with E-state index in [-0.39, 0.29) is 29.3 Å². The largest absolute Gasteiger partial charge is 0.481 e.